The molecule has 0 aromatic carbocycles. The predicted octanol–water partition coefficient (Wildman–Crippen LogP) is -0.608. The first-order valence-electron chi connectivity index (χ1n) is 3.75. The number of pyridine rings is 1. The zero-order valence-electron chi connectivity index (χ0n) is 7.27. The number of rotatable bonds is 2. The van der Waals surface area contributed by atoms with Crippen LogP contribution in [0.15, 0.2) is 29.5 Å². The zero-order chi connectivity index (χ0) is 10.4. The molecule has 6 N–H and O–H groups in total. The molecule has 7 nitrogen and oxygen atoms in total. The topological polar surface area (TPSA) is 118 Å². The fourth-order valence-corrected chi connectivity index (χ4v) is 0.696. The van der Waals surface area contributed by atoms with E-state index in [9.17, 15) is 4.79 Å². The molecule has 0 saturated heterocycles. The average molecular weight is 194 g/mol. The van der Waals surface area contributed by atoms with E-state index < -0.39 is 6.03 Å². The summed E-state index contributed by atoms with van der Waals surface area (Å²) in [5.41, 5.74) is 12.1. The average Bonchev–Trinajstić information content (AvgIpc) is 2.16. The van der Waals surface area contributed by atoms with Gasteiger partial charge in [-0.25, -0.2) is 15.2 Å². The molecule has 74 valence electrons. The van der Waals surface area contributed by atoms with E-state index in [2.05, 4.69) is 20.8 Å². The van der Waals surface area contributed by atoms with Crippen molar-refractivity contribution in [3.63, 3.8) is 0 Å². The lowest BCUT2D eigenvalue weighted by Gasteiger charge is -2.01. The van der Waals surface area contributed by atoms with Gasteiger partial charge in [-0.05, 0) is 12.1 Å². The van der Waals surface area contributed by atoms with Gasteiger partial charge in [0, 0.05) is 6.20 Å². The van der Waals surface area contributed by atoms with Crippen molar-refractivity contribution in [2.24, 2.45) is 16.6 Å². The van der Waals surface area contributed by atoms with Gasteiger partial charge in [-0.3, -0.25) is 5.32 Å². The Labute approximate surface area is 80.2 Å². The van der Waals surface area contributed by atoms with Crippen LogP contribution in [0.1, 0.15) is 0 Å². The molecule has 2 amide bonds. The number of nitrogens with two attached hydrogens (primary N) is 2. The van der Waals surface area contributed by atoms with Gasteiger partial charge in [0.1, 0.15) is 5.82 Å². The first kappa shape index (κ1) is 9.78. The lowest BCUT2D eigenvalue weighted by molar-refractivity contribution is 0.252. The highest BCUT2D eigenvalue weighted by molar-refractivity contribution is 5.89. The molecular formula is C7H10N6O. The summed E-state index contributed by atoms with van der Waals surface area (Å²) >= 11 is 0. The van der Waals surface area contributed by atoms with E-state index in [1.54, 1.807) is 24.4 Å². The normalized spacial score (nSPS) is 8.86. The van der Waals surface area contributed by atoms with E-state index in [-0.39, 0.29) is 5.96 Å². The summed E-state index contributed by atoms with van der Waals surface area (Å²) in [7, 11) is 0. The number of urea groups is 1. The Morgan fingerprint density at radius 3 is 2.79 bits per heavy atom. The molecule has 1 aromatic rings. The summed E-state index contributed by atoms with van der Waals surface area (Å²) in [4.78, 5) is 14.9. The van der Waals surface area contributed by atoms with Gasteiger partial charge < -0.3 is 11.5 Å². The summed E-state index contributed by atoms with van der Waals surface area (Å²) in [6, 6.07) is 4.55. The van der Waals surface area contributed by atoms with Crippen molar-refractivity contribution in [1.82, 2.24) is 10.4 Å². The van der Waals surface area contributed by atoms with Crippen LogP contribution < -0.4 is 22.2 Å². The maximum absolute atomic E-state index is 11.0. The first-order valence-corrected chi connectivity index (χ1v) is 3.75. The van der Waals surface area contributed by atoms with Crippen LogP contribution in [0.3, 0.4) is 0 Å². The molecule has 0 aliphatic rings. The molecule has 0 saturated carbocycles. The minimum atomic E-state index is -0.558. The molecule has 0 unspecified atom stereocenters. The Kier molecular flexibility index (Phi) is 3.25. The molecule has 0 aliphatic heterocycles. The summed E-state index contributed by atoms with van der Waals surface area (Å²) in [5, 5.41) is 5.72. The van der Waals surface area contributed by atoms with Crippen LogP contribution in [-0.4, -0.2) is 17.0 Å². The van der Waals surface area contributed by atoms with Gasteiger partial charge >= 0.3 is 6.03 Å². The summed E-state index contributed by atoms with van der Waals surface area (Å²) in [5.74, 6) is 0.192. The van der Waals surface area contributed by atoms with Gasteiger partial charge in [0.15, 0.2) is 0 Å². The van der Waals surface area contributed by atoms with Crippen molar-refractivity contribution in [3.05, 3.63) is 24.4 Å². The number of anilines is 1. The Bertz CT molecular complexity index is 331. The number of carbonyl (C=O) groups is 1. The van der Waals surface area contributed by atoms with Crippen molar-refractivity contribution in [3.8, 4) is 0 Å². The second kappa shape index (κ2) is 4.65. The van der Waals surface area contributed by atoms with Gasteiger partial charge in [-0.1, -0.05) is 6.07 Å². The molecule has 0 atom stereocenters. The molecule has 0 aliphatic carbocycles. The molecule has 0 spiro atoms. The number of hydrogen-bond acceptors (Lipinski definition) is 3. The molecule has 14 heavy (non-hydrogen) atoms. The molecule has 1 rings (SSSR count). The van der Waals surface area contributed by atoms with Gasteiger partial charge in [0.2, 0.25) is 5.96 Å². The Balaban J connectivity index is 2.46. The third-order valence-corrected chi connectivity index (χ3v) is 1.19. The summed E-state index contributed by atoms with van der Waals surface area (Å²) in [6.45, 7) is 0. The van der Waals surface area contributed by atoms with Crippen LogP contribution in [0.5, 0.6) is 0 Å². The Morgan fingerprint density at radius 2 is 2.21 bits per heavy atom. The van der Waals surface area contributed by atoms with Crippen molar-refractivity contribution in [1.29, 1.82) is 0 Å². The van der Waals surface area contributed by atoms with Crippen molar-refractivity contribution in [2.75, 3.05) is 5.32 Å². The lowest BCUT2D eigenvalue weighted by atomic mass is 10.5. The fraction of sp³-hybridized carbons (Fsp3) is 0. The van der Waals surface area contributed by atoms with Crippen LogP contribution in [0, 0.1) is 0 Å². The van der Waals surface area contributed by atoms with E-state index in [1.807, 2.05) is 0 Å². The van der Waals surface area contributed by atoms with Crippen LogP contribution in [0.2, 0.25) is 0 Å². The van der Waals surface area contributed by atoms with E-state index in [4.69, 9.17) is 11.5 Å². The number of hydrazone groups is 1. The molecular weight excluding hydrogens is 184 g/mol. The highest BCUT2D eigenvalue weighted by Crippen LogP contribution is 1.98. The Morgan fingerprint density at radius 1 is 1.43 bits per heavy atom. The van der Waals surface area contributed by atoms with Crippen LogP contribution in [0.25, 0.3) is 0 Å². The number of aromatic nitrogens is 1. The van der Waals surface area contributed by atoms with Gasteiger partial charge in [-0.15, -0.1) is 5.10 Å². The smallest absolute Gasteiger partial charge is 0.340 e. The van der Waals surface area contributed by atoms with E-state index in [1.165, 1.54) is 0 Å². The second-order valence-electron chi connectivity index (χ2n) is 2.32. The Hall–Kier alpha value is -2.31. The van der Waals surface area contributed by atoms with Crippen LogP contribution >= 0.6 is 0 Å². The minimum absolute atomic E-state index is 0.221. The van der Waals surface area contributed by atoms with Gasteiger partial charge in [-0.2, -0.15) is 0 Å². The largest absolute Gasteiger partial charge is 0.369 e. The third-order valence-electron chi connectivity index (χ3n) is 1.19. The maximum atomic E-state index is 11.0. The number of nitrogens with zero attached hydrogens (tertiary/aromatic N) is 2. The van der Waals surface area contributed by atoms with Crippen LogP contribution in [-0.2, 0) is 0 Å². The number of hydrogen-bond donors (Lipinski definition) is 4. The fourth-order valence-electron chi connectivity index (χ4n) is 0.696. The highest BCUT2D eigenvalue weighted by atomic mass is 16.2. The zero-order valence-corrected chi connectivity index (χ0v) is 7.27. The maximum Gasteiger partial charge on any atom is 0.340 e. The molecule has 7 heteroatoms. The van der Waals surface area contributed by atoms with Gasteiger partial charge in [0.25, 0.3) is 0 Å². The monoisotopic (exact) mass is 194 g/mol. The predicted molar refractivity (Wildman–Crippen MR) is 52.2 cm³/mol. The first-order chi connectivity index (χ1) is 6.68. The molecule has 0 radical (unpaired) electrons. The van der Waals surface area contributed by atoms with E-state index >= 15 is 0 Å². The van der Waals surface area contributed by atoms with E-state index in [0.717, 1.165) is 0 Å². The number of guanidine groups is 1. The third kappa shape index (κ3) is 3.39. The van der Waals surface area contributed by atoms with Crippen molar-refractivity contribution >= 4 is 17.8 Å². The number of amides is 2. The SMILES string of the molecule is NC(N)=NNC(=O)Nc1ccccn1. The molecule has 1 aromatic heterocycles. The molecule has 0 bridgehead atoms. The van der Waals surface area contributed by atoms with Crippen LogP contribution in [0.4, 0.5) is 10.6 Å². The molecule has 0 fully saturated rings. The summed E-state index contributed by atoms with van der Waals surface area (Å²) < 4.78 is 0. The standard InChI is InChI=1S/C7H10N6O/c8-6(9)12-13-7(14)11-5-3-1-2-4-10-5/h1-4H,(H4,8,9,12)(H2,10,11,13,14). The number of nitrogens with one attached hydrogen (secondary N) is 2. The summed E-state index contributed by atoms with van der Waals surface area (Å²) in [6.07, 6.45) is 1.55. The highest BCUT2D eigenvalue weighted by Gasteiger charge is 1.99. The van der Waals surface area contributed by atoms with E-state index in [0.29, 0.717) is 5.82 Å². The second-order valence-corrected chi connectivity index (χ2v) is 2.32. The minimum Gasteiger partial charge on any atom is -0.369 e. The number of carbonyl (C=O) groups excluding carboxylic acids is 1. The molecule has 1 heterocycles. The van der Waals surface area contributed by atoms with Crippen molar-refractivity contribution in [2.45, 2.75) is 0 Å². The van der Waals surface area contributed by atoms with Crippen molar-refractivity contribution < 1.29 is 4.79 Å². The lowest BCUT2D eigenvalue weighted by Crippen LogP contribution is -2.31. The van der Waals surface area contributed by atoms with Gasteiger partial charge in [0.05, 0.1) is 0 Å². The quantitative estimate of drug-likeness (QED) is 0.285.